The summed E-state index contributed by atoms with van der Waals surface area (Å²) >= 11 is 0. The van der Waals surface area contributed by atoms with Gasteiger partial charge in [-0.05, 0) is 26.3 Å². The van der Waals surface area contributed by atoms with Gasteiger partial charge in [0.2, 0.25) is 0 Å². The second kappa shape index (κ2) is 10.4. The number of nitrogens with zero attached hydrogens (tertiary/aromatic N) is 3. The Bertz CT molecular complexity index is 802. The van der Waals surface area contributed by atoms with Crippen LogP contribution in [0.15, 0.2) is 18.3 Å². The highest BCUT2D eigenvalue weighted by molar-refractivity contribution is 5.03. The van der Waals surface area contributed by atoms with Gasteiger partial charge in [0, 0.05) is 0 Å². The van der Waals surface area contributed by atoms with E-state index >= 15 is 0 Å². The van der Waals surface area contributed by atoms with E-state index in [9.17, 15) is 15.3 Å². The maximum atomic E-state index is 10.6. The van der Waals surface area contributed by atoms with Gasteiger partial charge >= 0.3 is 0 Å². The Hall–Kier alpha value is -1.44. The van der Waals surface area contributed by atoms with Crippen molar-refractivity contribution in [1.29, 1.82) is 0 Å². The van der Waals surface area contributed by atoms with E-state index in [1.807, 2.05) is 0 Å². The number of hydrogen-bond donors (Lipinski definition) is 3. The molecule has 3 aliphatic heterocycles. The molecule has 186 valence electrons. The molecule has 4 heterocycles. The zero-order chi connectivity index (χ0) is 23.6. The van der Waals surface area contributed by atoms with Crippen LogP contribution in [0.4, 0.5) is 0 Å². The summed E-state index contributed by atoms with van der Waals surface area (Å²) < 4.78 is 30.7. The first kappa shape index (κ1) is 24.7. The monoisotopic (exact) mass is 469 g/mol. The van der Waals surface area contributed by atoms with Gasteiger partial charge in [-0.3, -0.25) is 0 Å². The molecule has 33 heavy (non-hydrogen) atoms. The number of unbranched alkanes of at least 4 members (excludes halogenated alkanes) is 2. The number of hydrogen-bond acceptors (Lipinski definition) is 10. The number of fused-ring (bicyclic) bond motifs is 1. The SMILES string of the molecule is CCCCCC(O[C@@H]1C=C[C@H](O)[C@@H](CO)O1)c1cn(C[C@H]2O[C@@H]3OC(C)(C)O[C@@H]3[C@H]2O)nn1. The standard InChI is InChI=1S/C22H35N3O8/c1-4-5-6-7-15(29-18-9-8-14(27)17(12-26)30-18)13-10-25(24-23-13)11-16-19(28)20-21(31-16)33-22(2,3)32-20/h8-10,14-21,26-28H,4-7,11-12H2,1-3H3/t14-,15?,16+,17+,18-,19-,20+,21+/m0/s1. The molecule has 3 aliphatic rings. The highest BCUT2D eigenvalue weighted by Gasteiger charge is 2.54. The minimum Gasteiger partial charge on any atom is -0.394 e. The van der Waals surface area contributed by atoms with Crippen LogP contribution < -0.4 is 0 Å². The Balaban J connectivity index is 1.39. The van der Waals surface area contributed by atoms with Gasteiger partial charge in [0.1, 0.15) is 42.3 Å². The van der Waals surface area contributed by atoms with Crippen molar-refractivity contribution in [3.63, 3.8) is 0 Å². The van der Waals surface area contributed by atoms with E-state index < -0.39 is 48.9 Å². The first-order valence-electron chi connectivity index (χ1n) is 11.7. The van der Waals surface area contributed by atoms with Crippen LogP contribution in [0.5, 0.6) is 0 Å². The van der Waals surface area contributed by atoms with E-state index in [1.54, 1.807) is 36.9 Å². The molecule has 2 fully saturated rings. The second-order valence-electron chi connectivity index (χ2n) is 9.22. The molecular weight excluding hydrogens is 434 g/mol. The Morgan fingerprint density at radius 1 is 1.15 bits per heavy atom. The van der Waals surface area contributed by atoms with Crippen molar-refractivity contribution in [3.8, 4) is 0 Å². The number of aromatic nitrogens is 3. The summed E-state index contributed by atoms with van der Waals surface area (Å²) in [5.74, 6) is -0.786. The maximum absolute atomic E-state index is 10.6. The van der Waals surface area contributed by atoms with Gasteiger partial charge in [-0.15, -0.1) is 5.10 Å². The molecule has 0 spiro atoms. The second-order valence-corrected chi connectivity index (χ2v) is 9.22. The third kappa shape index (κ3) is 5.80. The number of ether oxygens (including phenoxy) is 5. The molecule has 11 heteroatoms. The predicted molar refractivity (Wildman–Crippen MR) is 114 cm³/mol. The lowest BCUT2D eigenvalue weighted by atomic mass is 10.1. The zero-order valence-electron chi connectivity index (χ0n) is 19.3. The Kier molecular flexibility index (Phi) is 7.81. The molecule has 0 saturated carbocycles. The molecule has 2 saturated heterocycles. The molecule has 0 amide bonds. The number of aliphatic hydroxyl groups is 3. The highest BCUT2D eigenvalue weighted by atomic mass is 16.8. The molecule has 0 radical (unpaired) electrons. The molecule has 4 rings (SSSR count). The minimum atomic E-state index is -0.870. The van der Waals surface area contributed by atoms with E-state index in [0.717, 1.165) is 25.7 Å². The summed E-state index contributed by atoms with van der Waals surface area (Å²) in [7, 11) is 0. The summed E-state index contributed by atoms with van der Waals surface area (Å²) in [4.78, 5) is 0. The Morgan fingerprint density at radius 2 is 1.97 bits per heavy atom. The van der Waals surface area contributed by atoms with Crippen molar-refractivity contribution in [2.24, 2.45) is 0 Å². The van der Waals surface area contributed by atoms with Crippen LogP contribution in [0.25, 0.3) is 0 Å². The molecule has 0 bridgehead atoms. The van der Waals surface area contributed by atoms with Crippen LogP contribution in [0, 0.1) is 0 Å². The smallest absolute Gasteiger partial charge is 0.190 e. The normalized spacial score (nSPS) is 36.2. The predicted octanol–water partition coefficient (Wildman–Crippen LogP) is 0.788. The number of rotatable bonds is 10. The molecule has 1 unspecified atom stereocenters. The van der Waals surface area contributed by atoms with E-state index in [1.165, 1.54) is 0 Å². The van der Waals surface area contributed by atoms with Crippen molar-refractivity contribution in [2.45, 2.75) is 108 Å². The van der Waals surface area contributed by atoms with E-state index in [-0.39, 0.29) is 19.3 Å². The average molecular weight is 470 g/mol. The van der Waals surface area contributed by atoms with Crippen LogP contribution >= 0.6 is 0 Å². The lowest BCUT2D eigenvalue weighted by Gasteiger charge is -2.30. The topological polar surface area (TPSA) is 138 Å². The van der Waals surface area contributed by atoms with Crippen LogP contribution in [0.2, 0.25) is 0 Å². The molecular formula is C22H35N3O8. The van der Waals surface area contributed by atoms with E-state index in [0.29, 0.717) is 5.69 Å². The van der Waals surface area contributed by atoms with Gasteiger partial charge in [0.05, 0.1) is 19.3 Å². The molecule has 0 aliphatic carbocycles. The van der Waals surface area contributed by atoms with Crippen molar-refractivity contribution < 1.29 is 39.0 Å². The summed E-state index contributed by atoms with van der Waals surface area (Å²) in [6.45, 7) is 5.68. The quantitative estimate of drug-likeness (QED) is 0.333. The Morgan fingerprint density at radius 3 is 2.70 bits per heavy atom. The molecule has 11 nitrogen and oxygen atoms in total. The van der Waals surface area contributed by atoms with Crippen LogP contribution in [0.3, 0.4) is 0 Å². The summed E-state index contributed by atoms with van der Waals surface area (Å²) in [6, 6.07) is 0. The van der Waals surface area contributed by atoms with Gasteiger partial charge in [-0.2, -0.15) is 0 Å². The fourth-order valence-corrected chi connectivity index (χ4v) is 4.33. The lowest BCUT2D eigenvalue weighted by Crippen LogP contribution is -2.39. The van der Waals surface area contributed by atoms with Crippen LogP contribution in [-0.4, -0.2) is 85.8 Å². The summed E-state index contributed by atoms with van der Waals surface area (Å²) in [5.41, 5.74) is 0.635. The maximum Gasteiger partial charge on any atom is 0.190 e. The first-order valence-corrected chi connectivity index (χ1v) is 11.7. The third-order valence-corrected chi connectivity index (χ3v) is 6.07. The minimum absolute atomic E-state index is 0.286. The van der Waals surface area contributed by atoms with Crippen LogP contribution in [-0.2, 0) is 30.2 Å². The fraction of sp³-hybridized carbons (Fsp3) is 0.818. The summed E-state index contributed by atoms with van der Waals surface area (Å²) in [5, 5.41) is 38.4. The van der Waals surface area contributed by atoms with Gasteiger partial charge in [0.25, 0.3) is 0 Å². The lowest BCUT2D eigenvalue weighted by molar-refractivity contribution is -0.216. The van der Waals surface area contributed by atoms with Crippen LogP contribution in [0.1, 0.15) is 58.3 Å². The van der Waals surface area contributed by atoms with Gasteiger partial charge in [0.15, 0.2) is 18.4 Å². The number of aliphatic hydroxyl groups excluding tert-OH is 3. The van der Waals surface area contributed by atoms with Crippen molar-refractivity contribution in [1.82, 2.24) is 15.0 Å². The zero-order valence-corrected chi connectivity index (χ0v) is 19.3. The highest BCUT2D eigenvalue weighted by Crippen LogP contribution is 2.37. The molecule has 8 atom stereocenters. The first-order chi connectivity index (χ1) is 15.8. The molecule has 0 aromatic carbocycles. The van der Waals surface area contributed by atoms with Crippen molar-refractivity contribution in [2.75, 3.05) is 6.61 Å². The van der Waals surface area contributed by atoms with E-state index in [4.69, 9.17) is 23.7 Å². The van der Waals surface area contributed by atoms with Crippen molar-refractivity contribution in [3.05, 3.63) is 24.0 Å². The van der Waals surface area contributed by atoms with Crippen molar-refractivity contribution >= 4 is 0 Å². The largest absolute Gasteiger partial charge is 0.394 e. The molecule has 1 aromatic rings. The average Bonchev–Trinajstić information content (AvgIpc) is 3.43. The van der Waals surface area contributed by atoms with E-state index in [2.05, 4.69) is 17.2 Å². The Labute approximate surface area is 193 Å². The third-order valence-electron chi connectivity index (χ3n) is 6.07. The molecule has 1 aromatic heterocycles. The van der Waals surface area contributed by atoms with Gasteiger partial charge in [-0.1, -0.05) is 37.5 Å². The summed E-state index contributed by atoms with van der Waals surface area (Å²) in [6.07, 6.45) is 3.52. The van der Waals surface area contributed by atoms with Gasteiger partial charge in [-0.25, -0.2) is 4.68 Å². The molecule has 3 N–H and O–H groups in total. The van der Waals surface area contributed by atoms with Gasteiger partial charge < -0.3 is 39.0 Å². The fourth-order valence-electron chi connectivity index (χ4n) is 4.33.